The quantitative estimate of drug-likeness (QED) is 0.439. The Morgan fingerprint density at radius 3 is 2.89 bits per heavy atom. The highest BCUT2D eigenvalue weighted by molar-refractivity contribution is 7.15. The van der Waals surface area contributed by atoms with Gasteiger partial charge in [-0.2, -0.15) is 0 Å². The van der Waals surface area contributed by atoms with Crippen molar-refractivity contribution in [1.82, 2.24) is 4.98 Å². The summed E-state index contributed by atoms with van der Waals surface area (Å²) in [5.74, 6) is 1.70. The van der Waals surface area contributed by atoms with E-state index < -0.39 is 5.41 Å². The number of nitrogens with one attached hydrogen (secondary N) is 1. The van der Waals surface area contributed by atoms with Gasteiger partial charge in [-0.1, -0.05) is 47.2 Å². The second-order valence-electron chi connectivity index (χ2n) is 9.14. The van der Waals surface area contributed by atoms with Crippen LogP contribution >= 0.6 is 22.9 Å². The van der Waals surface area contributed by atoms with Crippen molar-refractivity contribution < 1.29 is 23.7 Å². The molecule has 7 nitrogen and oxygen atoms in total. The molecule has 9 heteroatoms. The first kappa shape index (κ1) is 22.8. The van der Waals surface area contributed by atoms with Crippen LogP contribution in [-0.2, 0) is 19.7 Å². The summed E-state index contributed by atoms with van der Waals surface area (Å²) in [5, 5.41) is 4.22. The van der Waals surface area contributed by atoms with Crippen LogP contribution in [0.3, 0.4) is 0 Å². The van der Waals surface area contributed by atoms with Gasteiger partial charge in [0, 0.05) is 29.3 Å². The summed E-state index contributed by atoms with van der Waals surface area (Å²) in [7, 11) is 0. The molecule has 1 saturated carbocycles. The molecule has 1 saturated heterocycles. The van der Waals surface area contributed by atoms with Crippen LogP contribution in [0, 0.1) is 5.92 Å². The fraction of sp³-hybridized carbons (Fsp3) is 0.385. The van der Waals surface area contributed by atoms with Crippen LogP contribution in [0.15, 0.2) is 48.7 Å². The zero-order valence-electron chi connectivity index (χ0n) is 19.0. The number of nitrogens with zero attached hydrogens (tertiary/aromatic N) is 1. The summed E-state index contributed by atoms with van der Waals surface area (Å²) < 4.78 is 22.8. The number of carbonyl (C=O) groups is 1. The van der Waals surface area contributed by atoms with Crippen molar-refractivity contribution in [3.8, 4) is 11.5 Å². The molecule has 182 valence electrons. The first-order valence-electron chi connectivity index (χ1n) is 11.7. The van der Waals surface area contributed by atoms with E-state index in [0.717, 1.165) is 41.9 Å². The number of hydrogen-bond acceptors (Lipinski definition) is 7. The van der Waals surface area contributed by atoms with Gasteiger partial charge in [0.15, 0.2) is 16.6 Å². The number of fused-ring (bicyclic) bond motifs is 1. The summed E-state index contributed by atoms with van der Waals surface area (Å²) in [6.45, 7) is 2.26. The molecular weight excluding hydrogens is 488 g/mol. The van der Waals surface area contributed by atoms with Crippen LogP contribution in [0.2, 0.25) is 5.02 Å². The SMILES string of the molecule is O=C(Nc1ncc(C(OCC2CCOC2)c2ccccc2Cl)s1)C1(c2ccc3c(c2)OCO3)CC1. The Hall–Kier alpha value is -2.65. The van der Waals surface area contributed by atoms with E-state index >= 15 is 0 Å². The molecule has 35 heavy (non-hydrogen) atoms. The van der Waals surface area contributed by atoms with Gasteiger partial charge in [-0.05, 0) is 43.0 Å². The molecule has 3 aromatic rings. The highest BCUT2D eigenvalue weighted by atomic mass is 35.5. The maximum atomic E-state index is 13.3. The van der Waals surface area contributed by atoms with Gasteiger partial charge in [0.2, 0.25) is 12.7 Å². The lowest BCUT2D eigenvalue weighted by molar-refractivity contribution is -0.118. The fourth-order valence-corrected chi connectivity index (χ4v) is 5.72. The van der Waals surface area contributed by atoms with Crippen LogP contribution in [0.5, 0.6) is 11.5 Å². The second-order valence-corrected chi connectivity index (χ2v) is 10.6. The average molecular weight is 513 g/mol. The molecule has 0 bridgehead atoms. The van der Waals surface area contributed by atoms with Crippen LogP contribution in [0.4, 0.5) is 5.13 Å². The highest BCUT2D eigenvalue weighted by Gasteiger charge is 2.52. The molecule has 1 aromatic heterocycles. The Morgan fingerprint density at radius 2 is 2.09 bits per heavy atom. The minimum atomic E-state index is -0.562. The summed E-state index contributed by atoms with van der Waals surface area (Å²) in [4.78, 5) is 18.7. The van der Waals surface area contributed by atoms with Crippen LogP contribution in [-0.4, -0.2) is 37.5 Å². The van der Waals surface area contributed by atoms with E-state index in [-0.39, 0.29) is 18.8 Å². The van der Waals surface area contributed by atoms with E-state index in [4.69, 9.17) is 30.5 Å². The van der Waals surface area contributed by atoms with Crippen molar-refractivity contribution >= 4 is 34.0 Å². The first-order chi connectivity index (χ1) is 17.1. The zero-order valence-corrected chi connectivity index (χ0v) is 20.6. The largest absolute Gasteiger partial charge is 0.454 e. The topological polar surface area (TPSA) is 78.9 Å². The Morgan fingerprint density at radius 1 is 1.23 bits per heavy atom. The summed E-state index contributed by atoms with van der Waals surface area (Å²) in [6, 6.07) is 13.4. The number of carbonyl (C=O) groups excluding carboxylic acids is 1. The highest BCUT2D eigenvalue weighted by Crippen LogP contribution is 2.51. The Kier molecular flexibility index (Phi) is 6.14. The van der Waals surface area contributed by atoms with E-state index in [1.165, 1.54) is 11.3 Å². The molecule has 2 aliphatic heterocycles. The molecule has 2 fully saturated rings. The number of ether oxygens (including phenoxy) is 4. The molecule has 1 aliphatic carbocycles. The first-order valence-corrected chi connectivity index (χ1v) is 12.9. The average Bonchev–Trinajstić information content (AvgIpc) is 3.23. The molecular formula is C26H25ClN2O5S. The molecule has 1 amide bonds. The minimum absolute atomic E-state index is 0.0596. The van der Waals surface area contributed by atoms with Gasteiger partial charge in [0.1, 0.15) is 6.10 Å². The number of halogens is 1. The summed E-state index contributed by atoms with van der Waals surface area (Å²) in [6.07, 6.45) is 3.95. The lowest BCUT2D eigenvalue weighted by Gasteiger charge is -2.20. The normalized spacial score (nSPS) is 20.5. The van der Waals surface area contributed by atoms with E-state index in [1.807, 2.05) is 42.5 Å². The van der Waals surface area contributed by atoms with Gasteiger partial charge in [0.05, 0.1) is 23.5 Å². The van der Waals surface area contributed by atoms with E-state index in [1.54, 1.807) is 6.20 Å². The third-order valence-electron chi connectivity index (χ3n) is 6.82. The smallest absolute Gasteiger partial charge is 0.236 e. The minimum Gasteiger partial charge on any atom is -0.454 e. The van der Waals surface area contributed by atoms with Gasteiger partial charge in [-0.3, -0.25) is 4.79 Å². The predicted octanol–water partition coefficient (Wildman–Crippen LogP) is 5.34. The molecule has 0 radical (unpaired) electrons. The number of amides is 1. The van der Waals surface area contributed by atoms with Gasteiger partial charge in [0.25, 0.3) is 0 Å². The van der Waals surface area contributed by atoms with Crippen molar-refractivity contribution in [1.29, 1.82) is 0 Å². The Labute approximate surface area is 212 Å². The Bertz CT molecular complexity index is 1240. The third kappa shape index (κ3) is 4.51. The summed E-state index contributed by atoms with van der Waals surface area (Å²) >= 11 is 7.93. The summed E-state index contributed by atoms with van der Waals surface area (Å²) in [5.41, 5.74) is 1.26. The molecule has 0 spiro atoms. The number of rotatable bonds is 8. The van der Waals surface area contributed by atoms with Crippen molar-refractivity contribution in [2.75, 3.05) is 31.9 Å². The molecule has 3 heterocycles. The lowest BCUT2D eigenvalue weighted by Crippen LogP contribution is -2.27. The maximum absolute atomic E-state index is 13.3. The molecule has 6 rings (SSSR count). The molecule has 2 aromatic carbocycles. The van der Waals surface area contributed by atoms with Crippen LogP contribution < -0.4 is 14.8 Å². The number of hydrogen-bond donors (Lipinski definition) is 1. The number of anilines is 1. The maximum Gasteiger partial charge on any atom is 0.236 e. The molecule has 1 N–H and O–H groups in total. The van der Waals surface area contributed by atoms with Crippen molar-refractivity contribution in [2.45, 2.75) is 30.8 Å². The number of thiazole rings is 1. The van der Waals surface area contributed by atoms with Crippen LogP contribution in [0.25, 0.3) is 0 Å². The van der Waals surface area contributed by atoms with Gasteiger partial charge in [-0.15, -0.1) is 0 Å². The van der Waals surface area contributed by atoms with Crippen molar-refractivity contribution in [2.24, 2.45) is 5.92 Å². The molecule has 3 aliphatic rings. The van der Waals surface area contributed by atoms with Gasteiger partial charge >= 0.3 is 0 Å². The zero-order chi connectivity index (χ0) is 23.8. The van der Waals surface area contributed by atoms with Crippen molar-refractivity contribution in [3.63, 3.8) is 0 Å². The van der Waals surface area contributed by atoms with E-state index in [2.05, 4.69) is 10.3 Å². The fourth-order valence-electron chi connectivity index (χ4n) is 4.61. The van der Waals surface area contributed by atoms with Crippen LogP contribution in [0.1, 0.15) is 41.4 Å². The van der Waals surface area contributed by atoms with Gasteiger partial charge in [-0.25, -0.2) is 4.98 Å². The molecule has 2 atom stereocenters. The molecule has 2 unspecified atom stereocenters. The second kappa shape index (κ2) is 9.43. The lowest BCUT2D eigenvalue weighted by atomic mass is 9.94. The monoisotopic (exact) mass is 512 g/mol. The van der Waals surface area contributed by atoms with Gasteiger partial charge < -0.3 is 24.3 Å². The van der Waals surface area contributed by atoms with Crippen molar-refractivity contribution in [3.05, 3.63) is 69.7 Å². The standard InChI is InChI=1S/C26H25ClN2O5S/c27-19-4-2-1-3-18(19)23(32-14-16-7-10-31-13-16)22-12-28-25(35-22)29-24(30)26(8-9-26)17-5-6-20-21(11-17)34-15-33-20/h1-6,11-12,16,23H,7-10,13-15H2,(H,28,29,30). The predicted molar refractivity (Wildman–Crippen MR) is 132 cm³/mol. The van der Waals surface area contributed by atoms with E-state index in [0.29, 0.717) is 40.8 Å². The third-order valence-corrected chi connectivity index (χ3v) is 8.12. The van der Waals surface area contributed by atoms with E-state index in [9.17, 15) is 4.79 Å². The number of aromatic nitrogens is 1. The number of benzene rings is 2. The Balaban J connectivity index is 1.20.